The molecule has 0 fully saturated rings. The van der Waals surface area contributed by atoms with Crippen LogP contribution in [0.15, 0.2) is 98.4 Å². The van der Waals surface area contributed by atoms with Crippen LogP contribution in [0.4, 0.5) is 0 Å². The summed E-state index contributed by atoms with van der Waals surface area (Å²) in [6.07, 6.45) is 4.36. The van der Waals surface area contributed by atoms with Crippen LogP contribution < -0.4 is 0 Å². The van der Waals surface area contributed by atoms with Crippen LogP contribution in [0.1, 0.15) is 47.2 Å². The van der Waals surface area contributed by atoms with Crippen molar-refractivity contribution in [2.75, 3.05) is 0 Å². The molecule has 6 rings (SSSR count). The number of benzene rings is 4. The SMILES string of the molecule is CCc1cc(CC)c2c(c1)Cc1ccccc1S2.Clc1ccc2c(c1)Cc1ccccc1S2. The molecule has 4 aromatic carbocycles. The zero-order valence-electron chi connectivity index (χ0n) is 19.0. The lowest BCUT2D eigenvalue weighted by Crippen LogP contribution is -2.03. The van der Waals surface area contributed by atoms with Gasteiger partial charge in [-0.1, -0.05) is 97.5 Å². The van der Waals surface area contributed by atoms with E-state index in [9.17, 15) is 0 Å². The Morgan fingerprint density at radius 1 is 0.636 bits per heavy atom. The lowest BCUT2D eigenvalue weighted by Gasteiger charge is -2.22. The molecule has 0 saturated heterocycles. The van der Waals surface area contributed by atoms with Gasteiger partial charge >= 0.3 is 0 Å². The molecule has 0 saturated carbocycles. The maximum absolute atomic E-state index is 5.99. The second kappa shape index (κ2) is 10.0. The van der Waals surface area contributed by atoms with E-state index in [0.29, 0.717) is 0 Å². The van der Waals surface area contributed by atoms with Crippen molar-refractivity contribution >= 4 is 35.1 Å². The highest BCUT2D eigenvalue weighted by Crippen LogP contribution is 2.42. The van der Waals surface area contributed by atoms with Gasteiger partial charge in [0.2, 0.25) is 0 Å². The molecule has 0 amide bonds. The number of hydrogen-bond donors (Lipinski definition) is 0. The maximum atomic E-state index is 5.99. The predicted octanol–water partition coefficient (Wildman–Crippen LogP) is 9.26. The minimum atomic E-state index is 0.828. The van der Waals surface area contributed by atoms with Crippen molar-refractivity contribution in [3.63, 3.8) is 0 Å². The van der Waals surface area contributed by atoms with Crippen molar-refractivity contribution in [2.45, 2.75) is 59.1 Å². The molecule has 0 aliphatic carbocycles. The largest absolute Gasteiger partial charge is 0.0895 e. The summed E-state index contributed by atoms with van der Waals surface area (Å²) < 4.78 is 0. The minimum absolute atomic E-state index is 0.828. The first-order chi connectivity index (χ1) is 16.1. The Morgan fingerprint density at radius 3 is 1.97 bits per heavy atom. The summed E-state index contributed by atoms with van der Waals surface area (Å²) in [5.74, 6) is 0. The third-order valence-electron chi connectivity index (χ3n) is 6.25. The van der Waals surface area contributed by atoms with Gasteiger partial charge in [0.05, 0.1) is 0 Å². The van der Waals surface area contributed by atoms with Crippen LogP contribution in [0, 0.1) is 0 Å². The average Bonchev–Trinajstić information content (AvgIpc) is 2.86. The van der Waals surface area contributed by atoms with Crippen LogP contribution in [-0.4, -0.2) is 0 Å². The van der Waals surface area contributed by atoms with E-state index in [-0.39, 0.29) is 0 Å². The fourth-order valence-electron chi connectivity index (χ4n) is 4.48. The third kappa shape index (κ3) is 4.89. The van der Waals surface area contributed by atoms with Crippen molar-refractivity contribution in [1.82, 2.24) is 0 Å². The molecular formula is C30H27ClS2. The van der Waals surface area contributed by atoms with Gasteiger partial charge in [0.1, 0.15) is 0 Å². The summed E-state index contributed by atoms with van der Waals surface area (Å²) in [5.41, 5.74) is 8.73. The fourth-order valence-corrected chi connectivity index (χ4v) is 6.96. The second-order valence-electron chi connectivity index (χ2n) is 8.48. The van der Waals surface area contributed by atoms with E-state index in [1.807, 2.05) is 29.6 Å². The zero-order valence-corrected chi connectivity index (χ0v) is 21.4. The van der Waals surface area contributed by atoms with E-state index in [2.05, 4.69) is 86.6 Å². The highest BCUT2D eigenvalue weighted by molar-refractivity contribution is 7.99. The standard InChI is InChI=1S/C17H18S.C13H9ClS/c1-3-12-9-13(4-2)17-15(10-12)11-14-7-5-6-8-16(14)18-17;14-11-5-6-13-10(8-11)7-9-3-1-2-4-12(9)15-13/h5-10H,3-4,11H2,1-2H3;1-6,8H,7H2. The Kier molecular flexibility index (Phi) is 6.87. The van der Waals surface area contributed by atoms with Gasteiger partial charge in [-0.25, -0.2) is 0 Å². The molecule has 0 N–H and O–H groups in total. The Balaban J connectivity index is 0.000000140. The normalized spacial score (nSPS) is 13.1. The first-order valence-corrected chi connectivity index (χ1v) is 13.6. The van der Waals surface area contributed by atoms with Crippen LogP contribution in [-0.2, 0) is 25.7 Å². The van der Waals surface area contributed by atoms with Crippen LogP contribution in [0.2, 0.25) is 5.02 Å². The van der Waals surface area contributed by atoms with Crippen molar-refractivity contribution in [3.05, 3.63) is 117 Å². The molecule has 4 aromatic rings. The highest BCUT2D eigenvalue weighted by atomic mass is 35.5. The molecular weight excluding hydrogens is 460 g/mol. The van der Waals surface area contributed by atoms with Gasteiger partial charge in [0, 0.05) is 24.6 Å². The minimum Gasteiger partial charge on any atom is -0.0895 e. The molecule has 0 atom stereocenters. The monoisotopic (exact) mass is 486 g/mol. The lowest BCUT2D eigenvalue weighted by atomic mass is 9.97. The van der Waals surface area contributed by atoms with Gasteiger partial charge in [-0.3, -0.25) is 0 Å². The van der Waals surface area contributed by atoms with Gasteiger partial charge in [-0.2, -0.15) is 0 Å². The lowest BCUT2D eigenvalue weighted by molar-refractivity contribution is 0.970. The van der Waals surface area contributed by atoms with Crippen molar-refractivity contribution in [1.29, 1.82) is 0 Å². The predicted molar refractivity (Wildman–Crippen MR) is 143 cm³/mol. The van der Waals surface area contributed by atoms with E-state index in [4.69, 9.17) is 11.6 Å². The first-order valence-electron chi connectivity index (χ1n) is 11.6. The molecule has 166 valence electrons. The number of aryl methyl sites for hydroxylation is 2. The van der Waals surface area contributed by atoms with Crippen molar-refractivity contribution in [3.8, 4) is 0 Å². The number of fused-ring (bicyclic) bond motifs is 4. The summed E-state index contributed by atoms with van der Waals surface area (Å²) in [6, 6.07) is 28.3. The average molecular weight is 487 g/mol. The van der Waals surface area contributed by atoms with Crippen LogP contribution >= 0.6 is 35.1 Å². The fraction of sp³-hybridized carbons (Fsp3) is 0.200. The zero-order chi connectivity index (χ0) is 22.8. The van der Waals surface area contributed by atoms with Crippen LogP contribution in [0.3, 0.4) is 0 Å². The summed E-state index contributed by atoms with van der Waals surface area (Å²) >= 11 is 9.78. The van der Waals surface area contributed by atoms with Crippen molar-refractivity contribution in [2.24, 2.45) is 0 Å². The molecule has 0 radical (unpaired) electrons. The van der Waals surface area contributed by atoms with E-state index in [0.717, 1.165) is 30.7 Å². The summed E-state index contributed by atoms with van der Waals surface area (Å²) in [5, 5.41) is 0.828. The molecule has 0 spiro atoms. The molecule has 0 bridgehead atoms. The molecule has 3 heteroatoms. The second-order valence-corrected chi connectivity index (χ2v) is 11.0. The highest BCUT2D eigenvalue weighted by Gasteiger charge is 2.19. The number of rotatable bonds is 2. The smallest absolute Gasteiger partial charge is 0.0409 e. The van der Waals surface area contributed by atoms with E-state index >= 15 is 0 Å². The topological polar surface area (TPSA) is 0 Å². The van der Waals surface area contributed by atoms with Crippen molar-refractivity contribution < 1.29 is 0 Å². The number of halogens is 1. The Bertz CT molecular complexity index is 1310. The molecule has 2 aliphatic rings. The Labute approximate surface area is 210 Å². The molecule has 33 heavy (non-hydrogen) atoms. The van der Waals surface area contributed by atoms with Gasteiger partial charge in [-0.05, 0) is 89.4 Å². The molecule has 0 unspecified atom stereocenters. The van der Waals surface area contributed by atoms with Crippen LogP contribution in [0.5, 0.6) is 0 Å². The maximum Gasteiger partial charge on any atom is 0.0409 e. The van der Waals surface area contributed by atoms with Gasteiger partial charge in [0.25, 0.3) is 0 Å². The third-order valence-corrected chi connectivity index (χ3v) is 9.07. The molecule has 0 aromatic heterocycles. The van der Waals surface area contributed by atoms with E-state index < -0.39 is 0 Å². The Hall–Kier alpha value is -2.13. The van der Waals surface area contributed by atoms with Gasteiger partial charge in [0.15, 0.2) is 0 Å². The van der Waals surface area contributed by atoms with E-state index in [1.165, 1.54) is 53.0 Å². The molecule has 2 aliphatic heterocycles. The number of hydrogen-bond acceptors (Lipinski definition) is 2. The summed E-state index contributed by atoms with van der Waals surface area (Å²) in [4.78, 5) is 5.64. The Morgan fingerprint density at radius 2 is 1.27 bits per heavy atom. The molecule has 2 heterocycles. The van der Waals surface area contributed by atoms with Crippen LogP contribution in [0.25, 0.3) is 0 Å². The summed E-state index contributed by atoms with van der Waals surface area (Å²) in [6.45, 7) is 4.50. The van der Waals surface area contributed by atoms with E-state index in [1.54, 1.807) is 0 Å². The molecule has 0 nitrogen and oxygen atoms in total. The summed E-state index contributed by atoms with van der Waals surface area (Å²) in [7, 11) is 0. The first kappa shape index (κ1) is 22.7. The van der Waals surface area contributed by atoms with Gasteiger partial charge < -0.3 is 0 Å². The quantitative estimate of drug-likeness (QED) is 0.239. The van der Waals surface area contributed by atoms with Gasteiger partial charge in [-0.15, -0.1) is 0 Å².